The van der Waals surface area contributed by atoms with Gasteiger partial charge in [-0.15, -0.1) is 0 Å². The molecule has 1 N–H and O–H groups in total. The number of thioether (sulfide) groups is 1. The van der Waals surface area contributed by atoms with Gasteiger partial charge in [0.15, 0.2) is 0 Å². The smallest absolute Gasteiger partial charge is 0.309 e. The van der Waals surface area contributed by atoms with Gasteiger partial charge in [-0.25, -0.2) is 0 Å². The molecule has 3 heteroatoms. The maximum atomic E-state index is 11.1. The molecule has 0 rings (SSSR count). The van der Waals surface area contributed by atoms with E-state index in [0.29, 0.717) is 0 Å². The largest absolute Gasteiger partial charge is 0.481 e. The van der Waals surface area contributed by atoms with Crippen molar-refractivity contribution in [2.24, 2.45) is 11.3 Å². The van der Waals surface area contributed by atoms with Gasteiger partial charge in [0.25, 0.3) is 0 Å². The lowest BCUT2D eigenvalue weighted by molar-refractivity contribution is -0.151. The van der Waals surface area contributed by atoms with Gasteiger partial charge in [-0.1, -0.05) is 13.8 Å². The molecule has 0 fully saturated rings. The second-order valence-corrected chi connectivity index (χ2v) is 4.96. The second kappa shape index (κ2) is 5.53. The van der Waals surface area contributed by atoms with Crippen LogP contribution in [0.15, 0.2) is 0 Å². The fourth-order valence-corrected chi connectivity index (χ4v) is 1.66. The fourth-order valence-electron chi connectivity index (χ4n) is 1.23. The van der Waals surface area contributed by atoms with Crippen molar-refractivity contribution in [3.63, 3.8) is 0 Å². The van der Waals surface area contributed by atoms with Crippen molar-refractivity contribution in [1.29, 1.82) is 0 Å². The van der Waals surface area contributed by atoms with Crippen molar-refractivity contribution in [1.82, 2.24) is 0 Å². The molecule has 0 aliphatic carbocycles. The van der Waals surface area contributed by atoms with Crippen LogP contribution in [0.5, 0.6) is 0 Å². The van der Waals surface area contributed by atoms with Gasteiger partial charge in [-0.2, -0.15) is 11.8 Å². The lowest BCUT2D eigenvalue weighted by atomic mass is 9.76. The molecule has 0 aromatic heterocycles. The van der Waals surface area contributed by atoms with E-state index in [1.807, 2.05) is 27.0 Å². The fraction of sp³-hybridized carbons (Fsp3) is 0.900. The highest BCUT2D eigenvalue weighted by Gasteiger charge is 2.35. The van der Waals surface area contributed by atoms with E-state index in [2.05, 4.69) is 0 Å². The standard InChI is InChI=1S/C10H20O2S/c1-8(2)10(3,9(11)12)6-5-7-13-4/h8H,5-7H2,1-4H3,(H,11,12). The van der Waals surface area contributed by atoms with Crippen LogP contribution >= 0.6 is 11.8 Å². The molecular weight excluding hydrogens is 184 g/mol. The highest BCUT2D eigenvalue weighted by atomic mass is 32.2. The Kier molecular flexibility index (Phi) is 5.45. The van der Waals surface area contributed by atoms with E-state index in [1.165, 1.54) is 0 Å². The molecule has 0 aliphatic heterocycles. The summed E-state index contributed by atoms with van der Waals surface area (Å²) in [6.07, 6.45) is 3.82. The van der Waals surface area contributed by atoms with Gasteiger partial charge in [-0.05, 0) is 37.7 Å². The predicted molar refractivity (Wildman–Crippen MR) is 58.2 cm³/mol. The Morgan fingerprint density at radius 1 is 1.54 bits per heavy atom. The number of carbonyl (C=O) groups is 1. The minimum Gasteiger partial charge on any atom is -0.481 e. The summed E-state index contributed by atoms with van der Waals surface area (Å²) in [5.74, 6) is 0.589. The first kappa shape index (κ1) is 12.8. The summed E-state index contributed by atoms with van der Waals surface area (Å²) >= 11 is 1.77. The van der Waals surface area contributed by atoms with Crippen LogP contribution in [0.1, 0.15) is 33.6 Å². The lowest BCUT2D eigenvalue weighted by Crippen LogP contribution is -2.33. The molecule has 0 aromatic carbocycles. The molecule has 0 saturated heterocycles. The van der Waals surface area contributed by atoms with Gasteiger partial charge >= 0.3 is 5.97 Å². The van der Waals surface area contributed by atoms with Crippen LogP contribution in [-0.4, -0.2) is 23.1 Å². The maximum absolute atomic E-state index is 11.1. The first-order chi connectivity index (χ1) is 5.95. The second-order valence-electron chi connectivity index (χ2n) is 3.97. The molecule has 0 radical (unpaired) electrons. The van der Waals surface area contributed by atoms with Crippen molar-refractivity contribution >= 4 is 17.7 Å². The summed E-state index contributed by atoms with van der Waals surface area (Å²) in [5.41, 5.74) is -0.546. The predicted octanol–water partition coefficient (Wildman–Crippen LogP) is 2.88. The van der Waals surface area contributed by atoms with Crippen LogP contribution in [-0.2, 0) is 4.79 Å². The Morgan fingerprint density at radius 2 is 2.08 bits per heavy atom. The van der Waals surface area contributed by atoms with E-state index in [9.17, 15) is 4.79 Å². The molecule has 13 heavy (non-hydrogen) atoms. The summed E-state index contributed by atoms with van der Waals surface area (Å²) < 4.78 is 0. The van der Waals surface area contributed by atoms with Crippen LogP contribution in [0.3, 0.4) is 0 Å². The van der Waals surface area contributed by atoms with E-state index >= 15 is 0 Å². The van der Waals surface area contributed by atoms with E-state index in [4.69, 9.17) is 5.11 Å². The van der Waals surface area contributed by atoms with Crippen molar-refractivity contribution in [3.8, 4) is 0 Å². The average Bonchev–Trinajstić information content (AvgIpc) is 2.03. The number of hydrogen-bond acceptors (Lipinski definition) is 2. The molecule has 0 aliphatic rings. The summed E-state index contributed by atoms with van der Waals surface area (Å²) in [4.78, 5) is 11.1. The van der Waals surface area contributed by atoms with Crippen LogP contribution in [0.2, 0.25) is 0 Å². The van der Waals surface area contributed by atoms with Crippen molar-refractivity contribution in [2.45, 2.75) is 33.6 Å². The number of carboxylic acids is 1. The molecule has 1 unspecified atom stereocenters. The van der Waals surface area contributed by atoms with Gasteiger partial charge < -0.3 is 5.11 Å². The highest BCUT2D eigenvalue weighted by molar-refractivity contribution is 7.98. The zero-order chi connectivity index (χ0) is 10.5. The summed E-state index contributed by atoms with van der Waals surface area (Å²) in [6, 6.07) is 0. The molecule has 0 bridgehead atoms. The molecule has 78 valence electrons. The zero-order valence-corrected chi connectivity index (χ0v) is 9.78. The number of aliphatic carboxylic acids is 1. The van der Waals surface area contributed by atoms with Gasteiger partial charge in [0, 0.05) is 0 Å². The lowest BCUT2D eigenvalue weighted by Gasteiger charge is -2.28. The van der Waals surface area contributed by atoms with Gasteiger partial charge in [0.2, 0.25) is 0 Å². The third-order valence-corrected chi connectivity index (χ3v) is 3.50. The maximum Gasteiger partial charge on any atom is 0.309 e. The van der Waals surface area contributed by atoms with Crippen molar-refractivity contribution < 1.29 is 9.90 Å². The Hall–Kier alpha value is -0.180. The average molecular weight is 204 g/mol. The minimum absolute atomic E-state index is 0.201. The van der Waals surface area contributed by atoms with Crippen molar-refractivity contribution in [2.75, 3.05) is 12.0 Å². The third kappa shape index (κ3) is 3.59. The molecule has 0 spiro atoms. The van der Waals surface area contributed by atoms with Crippen LogP contribution < -0.4 is 0 Å². The number of hydrogen-bond donors (Lipinski definition) is 1. The molecule has 0 saturated carbocycles. The minimum atomic E-state index is -0.663. The van der Waals surface area contributed by atoms with Crippen molar-refractivity contribution in [3.05, 3.63) is 0 Å². The Balaban J connectivity index is 4.17. The monoisotopic (exact) mass is 204 g/mol. The van der Waals surface area contributed by atoms with Gasteiger partial charge in [0.1, 0.15) is 0 Å². The molecule has 0 amide bonds. The summed E-state index contributed by atoms with van der Waals surface area (Å²) in [7, 11) is 0. The SMILES string of the molecule is CSCCCC(C)(C(=O)O)C(C)C. The quantitative estimate of drug-likeness (QED) is 0.676. The van der Waals surface area contributed by atoms with Crippen LogP contribution in [0, 0.1) is 11.3 Å². The third-order valence-electron chi connectivity index (χ3n) is 2.81. The molecule has 1 atom stereocenters. The molecule has 0 aromatic rings. The topological polar surface area (TPSA) is 37.3 Å². The van der Waals surface area contributed by atoms with E-state index in [0.717, 1.165) is 18.6 Å². The van der Waals surface area contributed by atoms with Gasteiger partial charge in [0.05, 0.1) is 5.41 Å². The number of rotatable bonds is 6. The first-order valence-corrected chi connectivity index (χ1v) is 6.07. The Labute approximate surface area is 85.1 Å². The normalized spacial score (nSPS) is 15.8. The van der Waals surface area contributed by atoms with Gasteiger partial charge in [-0.3, -0.25) is 4.79 Å². The summed E-state index contributed by atoms with van der Waals surface area (Å²) in [6.45, 7) is 5.81. The number of carboxylic acid groups (broad SMARTS) is 1. The highest BCUT2D eigenvalue weighted by Crippen LogP contribution is 2.32. The Morgan fingerprint density at radius 3 is 2.38 bits per heavy atom. The van der Waals surface area contributed by atoms with Crippen LogP contribution in [0.4, 0.5) is 0 Å². The zero-order valence-electron chi connectivity index (χ0n) is 8.96. The first-order valence-electron chi connectivity index (χ1n) is 4.67. The van der Waals surface area contributed by atoms with Crippen LogP contribution in [0.25, 0.3) is 0 Å². The summed E-state index contributed by atoms with van der Waals surface area (Å²) in [5, 5.41) is 9.10. The van der Waals surface area contributed by atoms with E-state index < -0.39 is 11.4 Å². The van der Waals surface area contributed by atoms with E-state index in [1.54, 1.807) is 11.8 Å². The van der Waals surface area contributed by atoms with E-state index in [-0.39, 0.29) is 5.92 Å². The molecular formula is C10H20O2S. The Bertz CT molecular complexity index is 168. The molecule has 0 heterocycles. The molecule has 2 nitrogen and oxygen atoms in total.